The van der Waals surface area contributed by atoms with Crippen molar-refractivity contribution >= 4 is 16.2 Å². The molecule has 3 unspecified atom stereocenters. The fourth-order valence-corrected chi connectivity index (χ4v) is 4.49. The predicted octanol–water partition coefficient (Wildman–Crippen LogP) is -1.17. The molecule has 2 aliphatic heterocycles. The highest BCUT2D eigenvalue weighted by Gasteiger charge is 2.47. The fraction of sp³-hybridized carbons (Fsp3) is 0.909. The van der Waals surface area contributed by atoms with Gasteiger partial charge >= 0.3 is 5.97 Å². The molecule has 2 heterocycles. The van der Waals surface area contributed by atoms with Crippen LogP contribution in [0.3, 0.4) is 0 Å². The van der Waals surface area contributed by atoms with Crippen LogP contribution in [0.1, 0.15) is 20.3 Å². The number of aliphatic carboxylic acids is 1. The number of hydrogen-bond donors (Lipinski definition) is 2. The van der Waals surface area contributed by atoms with Gasteiger partial charge in [-0.05, 0) is 20.3 Å². The predicted molar refractivity (Wildman–Crippen MR) is 71.2 cm³/mol. The van der Waals surface area contributed by atoms with E-state index in [-0.39, 0.29) is 44.8 Å². The lowest BCUT2D eigenvalue weighted by molar-refractivity contribution is -0.142. The van der Waals surface area contributed by atoms with Crippen LogP contribution >= 0.6 is 0 Å². The van der Waals surface area contributed by atoms with Crippen LogP contribution < -0.4 is 5.73 Å². The Morgan fingerprint density at radius 1 is 1.30 bits per heavy atom. The topological polar surface area (TPSA) is 113 Å². The second-order valence-corrected chi connectivity index (χ2v) is 7.56. The number of rotatable bonds is 3. The summed E-state index contributed by atoms with van der Waals surface area (Å²) >= 11 is 0. The summed E-state index contributed by atoms with van der Waals surface area (Å²) < 4.78 is 33.1. The van der Waals surface area contributed by atoms with E-state index in [1.54, 1.807) is 0 Å². The molecule has 8 nitrogen and oxygen atoms in total. The Morgan fingerprint density at radius 2 is 1.85 bits per heavy atom. The summed E-state index contributed by atoms with van der Waals surface area (Å²) in [4.78, 5) is 11.1. The summed E-state index contributed by atoms with van der Waals surface area (Å²) in [5, 5.41) is 9.07. The minimum absolute atomic E-state index is 0.122. The second-order valence-electron chi connectivity index (χ2n) is 5.63. The van der Waals surface area contributed by atoms with Gasteiger partial charge in [0.25, 0.3) is 10.2 Å². The first-order valence-corrected chi connectivity index (χ1v) is 7.98. The van der Waals surface area contributed by atoms with Gasteiger partial charge in [0.15, 0.2) is 0 Å². The molecule has 0 aromatic rings. The lowest BCUT2D eigenvalue weighted by Crippen LogP contribution is -2.55. The molecule has 0 bridgehead atoms. The van der Waals surface area contributed by atoms with Gasteiger partial charge in [0.2, 0.25) is 0 Å². The van der Waals surface area contributed by atoms with Crippen molar-refractivity contribution in [2.45, 2.75) is 38.0 Å². The van der Waals surface area contributed by atoms with Gasteiger partial charge in [-0.3, -0.25) is 4.79 Å². The molecule has 0 aliphatic carbocycles. The number of nitrogens with zero attached hydrogens (tertiary/aromatic N) is 2. The van der Waals surface area contributed by atoms with Crippen LogP contribution in [0.25, 0.3) is 0 Å². The molecule has 0 aromatic carbocycles. The largest absolute Gasteiger partial charge is 0.480 e. The molecule has 2 aliphatic rings. The second kappa shape index (κ2) is 5.23. The maximum Gasteiger partial charge on any atom is 0.325 e. The highest BCUT2D eigenvalue weighted by molar-refractivity contribution is 7.86. The van der Waals surface area contributed by atoms with Gasteiger partial charge in [0.1, 0.15) is 5.54 Å². The van der Waals surface area contributed by atoms with E-state index >= 15 is 0 Å². The van der Waals surface area contributed by atoms with E-state index in [4.69, 9.17) is 15.6 Å². The van der Waals surface area contributed by atoms with Crippen molar-refractivity contribution in [2.75, 3.05) is 26.2 Å². The van der Waals surface area contributed by atoms with E-state index < -0.39 is 21.7 Å². The Hall–Kier alpha value is -0.740. The molecule has 3 atom stereocenters. The summed E-state index contributed by atoms with van der Waals surface area (Å²) in [6, 6.07) is 0. The van der Waals surface area contributed by atoms with Crippen molar-refractivity contribution in [1.82, 2.24) is 8.61 Å². The van der Waals surface area contributed by atoms with Gasteiger partial charge < -0.3 is 15.6 Å². The summed E-state index contributed by atoms with van der Waals surface area (Å²) in [5.41, 5.74) is 4.23. The number of ether oxygens (including phenoxy) is 1. The number of nitrogens with two attached hydrogens (primary N) is 1. The Kier molecular flexibility index (Phi) is 4.09. The lowest BCUT2D eigenvalue weighted by atomic mass is 10.0. The minimum Gasteiger partial charge on any atom is -0.480 e. The molecule has 20 heavy (non-hydrogen) atoms. The first-order valence-electron chi connectivity index (χ1n) is 6.58. The standard InChI is InChI=1S/C11H21N3O5S/c1-8-5-14(6-9(2)19-8)20(17,18)13-4-3-11(12,7-13)10(15)16/h8-9H,3-7,12H2,1-2H3,(H,15,16). The van der Waals surface area contributed by atoms with E-state index in [1.807, 2.05) is 13.8 Å². The van der Waals surface area contributed by atoms with Gasteiger partial charge in [-0.25, -0.2) is 0 Å². The molecule has 9 heteroatoms. The van der Waals surface area contributed by atoms with Gasteiger partial charge in [-0.2, -0.15) is 17.0 Å². The highest BCUT2D eigenvalue weighted by Crippen LogP contribution is 2.25. The van der Waals surface area contributed by atoms with Gasteiger partial charge in [0, 0.05) is 26.2 Å². The summed E-state index contributed by atoms with van der Waals surface area (Å²) in [5.74, 6) is -1.17. The quantitative estimate of drug-likeness (QED) is 0.679. The van der Waals surface area contributed by atoms with E-state index in [2.05, 4.69) is 0 Å². The number of morpholine rings is 1. The minimum atomic E-state index is -3.69. The molecule has 2 rings (SSSR count). The first-order chi connectivity index (χ1) is 9.15. The number of hydrogen-bond acceptors (Lipinski definition) is 5. The van der Waals surface area contributed by atoms with Crippen molar-refractivity contribution in [3.63, 3.8) is 0 Å². The Balaban J connectivity index is 2.14. The molecule has 0 amide bonds. The lowest BCUT2D eigenvalue weighted by Gasteiger charge is -2.36. The third kappa shape index (κ3) is 2.82. The van der Waals surface area contributed by atoms with Crippen molar-refractivity contribution in [2.24, 2.45) is 5.73 Å². The molecule has 116 valence electrons. The first kappa shape index (κ1) is 15.6. The highest BCUT2D eigenvalue weighted by atomic mass is 32.2. The van der Waals surface area contributed by atoms with Gasteiger partial charge in [0.05, 0.1) is 12.2 Å². The Labute approximate surface area is 118 Å². The Morgan fingerprint density at radius 3 is 2.30 bits per heavy atom. The van der Waals surface area contributed by atoms with Crippen LogP contribution in [0.15, 0.2) is 0 Å². The average molecular weight is 307 g/mol. The molecule has 0 spiro atoms. The van der Waals surface area contributed by atoms with E-state index in [0.29, 0.717) is 0 Å². The van der Waals surface area contributed by atoms with Gasteiger partial charge in [-0.1, -0.05) is 0 Å². The third-order valence-corrected chi connectivity index (χ3v) is 5.65. The van der Waals surface area contributed by atoms with Crippen LogP contribution in [-0.4, -0.2) is 72.0 Å². The van der Waals surface area contributed by atoms with Crippen LogP contribution in [-0.2, 0) is 19.7 Å². The summed E-state index contributed by atoms with van der Waals surface area (Å²) in [7, 11) is -3.69. The number of carbonyl (C=O) groups is 1. The van der Waals surface area contributed by atoms with Crippen molar-refractivity contribution in [3.8, 4) is 0 Å². The van der Waals surface area contributed by atoms with Crippen LogP contribution in [0.2, 0.25) is 0 Å². The summed E-state index contributed by atoms with van der Waals surface area (Å²) in [6.07, 6.45) is -0.242. The number of carboxylic acid groups (broad SMARTS) is 1. The summed E-state index contributed by atoms with van der Waals surface area (Å²) in [6.45, 7) is 4.11. The van der Waals surface area contributed by atoms with Crippen LogP contribution in [0.5, 0.6) is 0 Å². The molecule has 0 radical (unpaired) electrons. The molecule has 2 fully saturated rings. The van der Waals surface area contributed by atoms with Gasteiger partial charge in [-0.15, -0.1) is 0 Å². The molecule has 2 saturated heterocycles. The van der Waals surface area contributed by atoms with Crippen molar-refractivity contribution < 1.29 is 23.1 Å². The van der Waals surface area contributed by atoms with E-state index in [1.165, 1.54) is 4.31 Å². The van der Waals surface area contributed by atoms with Crippen molar-refractivity contribution in [3.05, 3.63) is 0 Å². The monoisotopic (exact) mass is 307 g/mol. The maximum absolute atomic E-state index is 12.5. The Bertz CT molecular complexity index is 486. The molecule has 3 N–H and O–H groups in total. The zero-order valence-corrected chi connectivity index (χ0v) is 12.5. The maximum atomic E-state index is 12.5. The van der Waals surface area contributed by atoms with E-state index in [0.717, 1.165) is 4.31 Å². The van der Waals surface area contributed by atoms with Crippen molar-refractivity contribution in [1.29, 1.82) is 0 Å². The molecule has 0 aromatic heterocycles. The zero-order chi connectivity index (χ0) is 15.1. The average Bonchev–Trinajstić information content (AvgIpc) is 2.73. The van der Waals surface area contributed by atoms with Crippen LogP contribution in [0.4, 0.5) is 0 Å². The SMILES string of the molecule is CC1CN(S(=O)(=O)N2CCC(N)(C(=O)O)C2)CC(C)O1. The molecular weight excluding hydrogens is 286 g/mol. The number of carboxylic acids is 1. The van der Waals surface area contributed by atoms with Crippen LogP contribution in [0, 0.1) is 0 Å². The fourth-order valence-electron chi connectivity index (χ4n) is 2.65. The zero-order valence-electron chi connectivity index (χ0n) is 11.7. The molecular formula is C11H21N3O5S. The van der Waals surface area contributed by atoms with E-state index in [9.17, 15) is 13.2 Å². The normalized spacial score (nSPS) is 37.1. The molecule has 0 saturated carbocycles. The smallest absolute Gasteiger partial charge is 0.325 e. The third-order valence-electron chi connectivity index (χ3n) is 3.73.